The van der Waals surface area contributed by atoms with Crippen LogP contribution in [-0.2, 0) is 13.6 Å². The molecule has 1 aromatic heterocycles. The molecule has 0 aliphatic heterocycles. The summed E-state index contributed by atoms with van der Waals surface area (Å²) in [6, 6.07) is 10.4. The molecule has 0 spiro atoms. The maximum absolute atomic E-state index is 6.21. The lowest BCUT2D eigenvalue weighted by Gasteiger charge is -2.19. The third-order valence-electron chi connectivity index (χ3n) is 3.62. The van der Waals surface area contributed by atoms with Crippen molar-refractivity contribution in [3.8, 4) is 0 Å². The standard InChI is InChI=1S/C16H23ClN4/c1-13-15(16(17)21(3)19-13)12-18-10-7-11-20(2)14-8-5-4-6-9-14/h4-6,8-9,18H,7,10-12H2,1-3H3. The van der Waals surface area contributed by atoms with E-state index in [1.165, 1.54) is 5.69 Å². The quantitative estimate of drug-likeness (QED) is 0.798. The Balaban J connectivity index is 1.71. The number of para-hydroxylation sites is 1. The summed E-state index contributed by atoms with van der Waals surface area (Å²) in [7, 11) is 3.99. The lowest BCUT2D eigenvalue weighted by molar-refractivity contribution is 0.644. The number of halogens is 1. The molecule has 0 fully saturated rings. The normalized spacial score (nSPS) is 10.9. The Morgan fingerprint density at radius 1 is 1.29 bits per heavy atom. The van der Waals surface area contributed by atoms with Gasteiger partial charge in [0.1, 0.15) is 5.15 Å². The first kappa shape index (κ1) is 15.9. The highest BCUT2D eigenvalue weighted by Crippen LogP contribution is 2.18. The molecule has 0 saturated heterocycles. The molecule has 1 N–H and O–H groups in total. The van der Waals surface area contributed by atoms with Crippen LogP contribution in [0, 0.1) is 6.92 Å². The minimum Gasteiger partial charge on any atom is -0.375 e. The van der Waals surface area contributed by atoms with E-state index in [1.54, 1.807) is 4.68 Å². The van der Waals surface area contributed by atoms with Crippen LogP contribution in [0.4, 0.5) is 5.69 Å². The second kappa shape index (κ2) is 7.48. The smallest absolute Gasteiger partial charge is 0.131 e. The zero-order valence-electron chi connectivity index (χ0n) is 12.9. The monoisotopic (exact) mass is 306 g/mol. The molecule has 2 rings (SSSR count). The van der Waals surface area contributed by atoms with Crippen LogP contribution in [0.5, 0.6) is 0 Å². The summed E-state index contributed by atoms with van der Waals surface area (Å²) in [4.78, 5) is 2.27. The van der Waals surface area contributed by atoms with Gasteiger partial charge in [0.15, 0.2) is 0 Å². The van der Waals surface area contributed by atoms with Crippen LogP contribution in [0.25, 0.3) is 0 Å². The van der Waals surface area contributed by atoms with Gasteiger partial charge < -0.3 is 10.2 Å². The average molecular weight is 307 g/mol. The second-order valence-electron chi connectivity index (χ2n) is 5.27. The maximum atomic E-state index is 6.21. The predicted octanol–water partition coefficient (Wildman–Crippen LogP) is 3.00. The number of nitrogens with one attached hydrogen (secondary N) is 1. The lowest BCUT2D eigenvalue weighted by atomic mass is 10.2. The van der Waals surface area contributed by atoms with Crippen LogP contribution in [0.3, 0.4) is 0 Å². The summed E-state index contributed by atoms with van der Waals surface area (Å²) < 4.78 is 1.72. The van der Waals surface area contributed by atoms with E-state index in [4.69, 9.17) is 11.6 Å². The summed E-state index contributed by atoms with van der Waals surface area (Å²) in [6.07, 6.45) is 1.09. The van der Waals surface area contributed by atoms with Gasteiger partial charge in [0.2, 0.25) is 0 Å². The summed E-state index contributed by atoms with van der Waals surface area (Å²) in [5.41, 5.74) is 3.34. The van der Waals surface area contributed by atoms with E-state index in [2.05, 4.69) is 46.6 Å². The van der Waals surface area contributed by atoms with E-state index >= 15 is 0 Å². The number of anilines is 1. The summed E-state index contributed by atoms with van der Waals surface area (Å²) in [6.45, 7) is 4.75. The molecule has 0 amide bonds. The minimum atomic E-state index is 0.724. The third kappa shape index (κ3) is 4.22. The fourth-order valence-corrected chi connectivity index (χ4v) is 2.58. The van der Waals surface area contributed by atoms with Crippen molar-refractivity contribution in [2.24, 2.45) is 7.05 Å². The Morgan fingerprint density at radius 3 is 2.62 bits per heavy atom. The number of hydrogen-bond donors (Lipinski definition) is 1. The molecule has 0 aliphatic carbocycles. The molecule has 1 heterocycles. The van der Waals surface area contributed by atoms with Crippen LogP contribution in [-0.4, -0.2) is 29.9 Å². The summed E-state index contributed by atoms with van der Waals surface area (Å²) in [5, 5.41) is 8.48. The van der Waals surface area contributed by atoms with E-state index in [0.29, 0.717) is 0 Å². The zero-order valence-corrected chi connectivity index (χ0v) is 13.7. The van der Waals surface area contributed by atoms with Crippen molar-refractivity contribution in [1.29, 1.82) is 0 Å². The van der Waals surface area contributed by atoms with Crippen molar-refractivity contribution in [2.75, 3.05) is 25.0 Å². The van der Waals surface area contributed by atoms with Crippen LogP contribution in [0.15, 0.2) is 30.3 Å². The Bertz CT molecular complexity index is 565. The molecular weight excluding hydrogens is 284 g/mol. The van der Waals surface area contributed by atoms with Gasteiger partial charge >= 0.3 is 0 Å². The Labute approximate surface area is 131 Å². The van der Waals surface area contributed by atoms with Crippen molar-refractivity contribution in [3.63, 3.8) is 0 Å². The second-order valence-corrected chi connectivity index (χ2v) is 5.62. The largest absolute Gasteiger partial charge is 0.375 e. The molecule has 0 unspecified atom stereocenters. The Morgan fingerprint density at radius 2 is 2.00 bits per heavy atom. The van der Waals surface area contributed by atoms with Gasteiger partial charge in [-0.3, -0.25) is 4.68 Å². The van der Waals surface area contributed by atoms with Crippen molar-refractivity contribution in [2.45, 2.75) is 19.9 Å². The highest BCUT2D eigenvalue weighted by atomic mass is 35.5. The van der Waals surface area contributed by atoms with Gasteiger partial charge in [-0.25, -0.2) is 0 Å². The highest BCUT2D eigenvalue weighted by Gasteiger charge is 2.10. The minimum absolute atomic E-state index is 0.724. The van der Waals surface area contributed by atoms with E-state index in [1.807, 2.05) is 20.0 Å². The molecule has 5 heteroatoms. The topological polar surface area (TPSA) is 33.1 Å². The fraction of sp³-hybridized carbons (Fsp3) is 0.438. The van der Waals surface area contributed by atoms with Gasteiger partial charge in [-0.2, -0.15) is 5.10 Å². The number of hydrogen-bond acceptors (Lipinski definition) is 3. The lowest BCUT2D eigenvalue weighted by Crippen LogP contribution is -2.23. The molecule has 2 aromatic rings. The molecule has 4 nitrogen and oxygen atoms in total. The number of benzene rings is 1. The number of nitrogens with zero attached hydrogens (tertiary/aromatic N) is 3. The summed E-state index contributed by atoms with van der Waals surface area (Å²) in [5.74, 6) is 0. The molecule has 0 saturated carbocycles. The van der Waals surface area contributed by atoms with Gasteiger partial charge in [0, 0.05) is 38.4 Å². The SMILES string of the molecule is Cc1nn(C)c(Cl)c1CNCCCN(C)c1ccccc1. The molecule has 1 aromatic carbocycles. The molecule has 21 heavy (non-hydrogen) atoms. The number of rotatable bonds is 7. The van der Waals surface area contributed by atoms with E-state index in [0.717, 1.165) is 42.5 Å². The van der Waals surface area contributed by atoms with E-state index in [9.17, 15) is 0 Å². The number of aromatic nitrogens is 2. The van der Waals surface area contributed by atoms with Gasteiger partial charge in [-0.05, 0) is 32.0 Å². The molecular formula is C16H23ClN4. The van der Waals surface area contributed by atoms with Crippen LogP contribution in [0.1, 0.15) is 17.7 Å². The van der Waals surface area contributed by atoms with Crippen LogP contribution < -0.4 is 10.2 Å². The van der Waals surface area contributed by atoms with Gasteiger partial charge in [0.05, 0.1) is 5.69 Å². The van der Waals surface area contributed by atoms with E-state index < -0.39 is 0 Å². The molecule has 114 valence electrons. The first-order valence-corrected chi connectivity index (χ1v) is 7.62. The van der Waals surface area contributed by atoms with Crippen molar-refractivity contribution in [3.05, 3.63) is 46.7 Å². The molecule has 0 radical (unpaired) electrons. The van der Waals surface area contributed by atoms with Crippen molar-refractivity contribution in [1.82, 2.24) is 15.1 Å². The van der Waals surface area contributed by atoms with Gasteiger partial charge in [0.25, 0.3) is 0 Å². The van der Waals surface area contributed by atoms with Gasteiger partial charge in [-0.15, -0.1) is 0 Å². The van der Waals surface area contributed by atoms with Crippen molar-refractivity contribution >= 4 is 17.3 Å². The Kier molecular flexibility index (Phi) is 5.65. The summed E-state index contributed by atoms with van der Waals surface area (Å²) >= 11 is 6.21. The third-order valence-corrected chi connectivity index (χ3v) is 4.09. The highest BCUT2D eigenvalue weighted by molar-refractivity contribution is 6.30. The Hall–Kier alpha value is -1.52. The maximum Gasteiger partial charge on any atom is 0.131 e. The van der Waals surface area contributed by atoms with Gasteiger partial charge in [-0.1, -0.05) is 29.8 Å². The fourth-order valence-electron chi connectivity index (χ4n) is 2.34. The molecule has 0 aliphatic rings. The van der Waals surface area contributed by atoms with Crippen LogP contribution in [0.2, 0.25) is 5.15 Å². The average Bonchev–Trinajstić information content (AvgIpc) is 2.73. The van der Waals surface area contributed by atoms with Crippen molar-refractivity contribution < 1.29 is 0 Å². The first-order valence-electron chi connectivity index (χ1n) is 7.24. The molecule has 0 bridgehead atoms. The first-order chi connectivity index (χ1) is 10.1. The van der Waals surface area contributed by atoms with E-state index in [-0.39, 0.29) is 0 Å². The predicted molar refractivity (Wildman–Crippen MR) is 89.0 cm³/mol. The number of aryl methyl sites for hydroxylation is 2. The molecule has 0 atom stereocenters. The van der Waals surface area contributed by atoms with Crippen LogP contribution >= 0.6 is 11.6 Å². The zero-order chi connectivity index (χ0) is 15.2.